The molecule has 8 rings (SSSR count). The molecule has 0 radical (unpaired) electrons. The number of aliphatic hydroxyl groups is 2. The van der Waals surface area contributed by atoms with E-state index in [2.05, 4.69) is 86.0 Å². The van der Waals surface area contributed by atoms with Crippen LogP contribution in [0.2, 0.25) is 0 Å². The summed E-state index contributed by atoms with van der Waals surface area (Å²) in [5.41, 5.74) is 5.37. The highest BCUT2D eigenvalue weighted by Gasteiger charge is 2.49. The van der Waals surface area contributed by atoms with Crippen LogP contribution in [-0.2, 0) is 13.1 Å². The van der Waals surface area contributed by atoms with Gasteiger partial charge in [0.15, 0.2) is 0 Å². The smallest absolute Gasteiger partial charge is 0.0589 e. The quantitative estimate of drug-likeness (QED) is 0.586. The van der Waals surface area contributed by atoms with E-state index in [4.69, 9.17) is 0 Å². The van der Waals surface area contributed by atoms with Crippen LogP contribution in [0.4, 0.5) is 0 Å². The van der Waals surface area contributed by atoms with E-state index in [1.54, 1.807) is 0 Å². The highest BCUT2D eigenvalue weighted by molar-refractivity contribution is 5.23. The summed E-state index contributed by atoms with van der Waals surface area (Å²) in [6, 6.07) is 19.8. The first kappa shape index (κ1) is 25.9. The lowest BCUT2D eigenvalue weighted by atomic mass is 9.65. The molecule has 2 aromatic carbocycles. The van der Waals surface area contributed by atoms with Gasteiger partial charge in [0.2, 0.25) is 0 Å². The summed E-state index contributed by atoms with van der Waals surface area (Å²) >= 11 is 0. The van der Waals surface area contributed by atoms with Gasteiger partial charge in [0.05, 0.1) is 13.2 Å². The van der Waals surface area contributed by atoms with Crippen molar-refractivity contribution in [2.45, 2.75) is 90.6 Å². The van der Waals surface area contributed by atoms with Crippen LogP contribution in [0.1, 0.15) is 61.8 Å². The van der Waals surface area contributed by atoms with Crippen LogP contribution in [0.5, 0.6) is 0 Å². The van der Waals surface area contributed by atoms with Gasteiger partial charge in [0.1, 0.15) is 0 Å². The molecule has 2 N–H and O–H groups in total. The van der Waals surface area contributed by atoms with Gasteiger partial charge < -0.3 is 10.2 Å². The number of hydrogen-bond acceptors (Lipinski definition) is 4. The van der Waals surface area contributed by atoms with Gasteiger partial charge in [0, 0.05) is 37.3 Å². The molecule has 0 unspecified atom stereocenters. The van der Waals surface area contributed by atoms with Crippen molar-refractivity contribution >= 4 is 0 Å². The molecule has 4 aliphatic heterocycles. The number of rotatable bonds is 6. The predicted molar refractivity (Wildman–Crippen MR) is 147 cm³/mol. The molecule has 2 saturated carbocycles. The van der Waals surface area contributed by atoms with Crippen LogP contribution in [0.25, 0.3) is 0 Å². The number of piperidine rings is 4. The summed E-state index contributed by atoms with van der Waals surface area (Å²) in [7, 11) is 0. The molecule has 0 amide bonds. The highest BCUT2D eigenvalue weighted by Crippen LogP contribution is 2.47. The molecule has 196 valence electrons. The zero-order valence-corrected chi connectivity index (χ0v) is 22.7. The Bertz CT molecular complexity index is 897. The molecule has 6 aliphatic rings. The topological polar surface area (TPSA) is 46.9 Å². The molecule has 0 spiro atoms. The predicted octanol–water partition coefficient (Wildman–Crippen LogP) is 5.17. The lowest BCUT2D eigenvalue weighted by Crippen LogP contribution is -2.61. The van der Waals surface area contributed by atoms with E-state index in [0.717, 1.165) is 24.9 Å². The van der Waals surface area contributed by atoms with E-state index in [9.17, 15) is 10.2 Å². The minimum absolute atomic E-state index is 0.306. The molecule has 4 heterocycles. The highest BCUT2D eigenvalue weighted by atomic mass is 16.3. The van der Waals surface area contributed by atoms with Crippen LogP contribution < -0.4 is 0 Å². The van der Waals surface area contributed by atoms with Gasteiger partial charge in [-0.05, 0) is 74.3 Å². The summed E-state index contributed by atoms with van der Waals surface area (Å²) in [6.07, 6.45) is 5.35. The van der Waals surface area contributed by atoms with Crippen molar-refractivity contribution in [3.8, 4) is 0 Å². The maximum Gasteiger partial charge on any atom is 0.0589 e. The third kappa shape index (κ3) is 5.15. The van der Waals surface area contributed by atoms with Gasteiger partial charge in [0.25, 0.3) is 0 Å². The van der Waals surface area contributed by atoms with Crippen molar-refractivity contribution in [3.63, 3.8) is 0 Å². The van der Waals surface area contributed by atoms with Crippen molar-refractivity contribution in [1.29, 1.82) is 0 Å². The van der Waals surface area contributed by atoms with Gasteiger partial charge in [-0.1, -0.05) is 73.5 Å². The van der Waals surface area contributed by atoms with E-state index in [-0.39, 0.29) is 0 Å². The Kier molecular flexibility index (Phi) is 7.88. The van der Waals surface area contributed by atoms with Crippen LogP contribution >= 0.6 is 0 Å². The fourth-order valence-corrected chi connectivity index (χ4v) is 7.28. The maximum atomic E-state index is 9.65. The average Bonchev–Trinajstić information content (AvgIpc) is 2.81. The van der Waals surface area contributed by atoms with E-state index >= 15 is 0 Å². The van der Waals surface area contributed by atoms with Crippen LogP contribution in [0.15, 0.2) is 48.5 Å². The van der Waals surface area contributed by atoms with E-state index in [1.165, 1.54) is 47.9 Å². The molecular weight excluding hydrogens is 444 g/mol. The second kappa shape index (κ2) is 10.9. The van der Waals surface area contributed by atoms with Crippen LogP contribution in [0, 0.1) is 37.5 Å². The molecule has 4 nitrogen and oxygen atoms in total. The van der Waals surface area contributed by atoms with Gasteiger partial charge in [-0.2, -0.15) is 0 Å². The van der Waals surface area contributed by atoms with E-state index in [1.807, 2.05) is 0 Å². The van der Waals surface area contributed by atoms with Crippen molar-refractivity contribution in [1.82, 2.24) is 9.80 Å². The Hall–Kier alpha value is -1.72. The molecular formula is C32H46N2O2. The summed E-state index contributed by atoms with van der Waals surface area (Å²) < 4.78 is 0. The first-order valence-corrected chi connectivity index (χ1v) is 14.2. The third-order valence-electron chi connectivity index (χ3n) is 10.1. The minimum atomic E-state index is 0.306. The van der Waals surface area contributed by atoms with Gasteiger partial charge in [-0.15, -0.1) is 0 Å². The fourth-order valence-electron chi connectivity index (χ4n) is 7.28. The minimum Gasteiger partial charge on any atom is -0.395 e. The molecule has 2 aromatic rings. The summed E-state index contributed by atoms with van der Waals surface area (Å²) in [5, 5.41) is 19.3. The van der Waals surface area contributed by atoms with Crippen molar-refractivity contribution in [2.75, 3.05) is 13.2 Å². The number of hydrogen-bond donors (Lipinski definition) is 2. The van der Waals surface area contributed by atoms with Crippen LogP contribution in [0.3, 0.4) is 0 Å². The zero-order chi connectivity index (χ0) is 25.4. The van der Waals surface area contributed by atoms with Gasteiger partial charge in [-0.25, -0.2) is 0 Å². The van der Waals surface area contributed by atoms with Gasteiger partial charge in [-0.3, -0.25) is 9.80 Å². The second-order valence-corrected chi connectivity index (χ2v) is 12.3. The van der Waals surface area contributed by atoms with Crippen molar-refractivity contribution in [2.24, 2.45) is 23.7 Å². The van der Waals surface area contributed by atoms with Crippen molar-refractivity contribution < 1.29 is 10.2 Å². The molecule has 4 atom stereocenters. The number of fused-ring (bicyclic) bond motifs is 4. The lowest BCUT2D eigenvalue weighted by molar-refractivity contribution is -0.0955. The summed E-state index contributed by atoms with van der Waals surface area (Å²) in [6.45, 7) is 11.5. The van der Waals surface area contributed by atoms with E-state index in [0.29, 0.717) is 49.2 Å². The van der Waals surface area contributed by atoms with Crippen LogP contribution in [-0.4, -0.2) is 57.4 Å². The monoisotopic (exact) mass is 490 g/mol. The SMILES string of the molecule is Cc1ccc(CN2C3CC(C3)[C@@H](C)[C@H]2CO)cc1.Cc1ccc(CN2C3CC(C3)[C@H](C)[C@H]2CO)cc1. The lowest BCUT2D eigenvalue weighted by Gasteiger charge is -2.57. The molecule has 4 bridgehead atoms. The largest absolute Gasteiger partial charge is 0.395 e. The number of aryl methyl sites for hydroxylation is 2. The maximum absolute atomic E-state index is 9.65. The Labute approximate surface area is 218 Å². The Morgan fingerprint density at radius 3 is 1.25 bits per heavy atom. The Morgan fingerprint density at radius 2 is 0.944 bits per heavy atom. The molecule has 36 heavy (non-hydrogen) atoms. The molecule has 2 aliphatic carbocycles. The van der Waals surface area contributed by atoms with E-state index < -0.39 is 0 Å². The average molecular weight is 491 g/mol. The van der Waals surface area contributed by atoms with Crippen molar-refractivity contribution in [3.05, 3.63) is 70.8 Å². The molecule has 4 heteroatoms. The first-order chi connectivity index (χ1) is 17.4. The summed E-state index contributed by atoms with van der Waals surface area (Å²) in [5.74, 6) is 3.01. The third-order valence-corrected chi connectivity index (χ3v) is 10.1. The van der Waals surface area contributed by atoms with Gasteiger partial charge >= 0.3 is 0 Å². The standard InChI is InChI=1S/2C16H23NO/c2*1-11-3-5-13(6-4-11)9-17-15-7-14(8-15)12(2)16(17)10-18/h2*3-6,12,14-16,18H,7-10H2,1-2H3/t12-,14?,15?,16+;12-,14?,15?,16-/m01/s1. The Balaban J connectivity index is 0.000000148. The number of aliphatic hydroxyl groups excluding tert-OH is 2. The zero-order valence-electron chi connectivity index (χ0n) is 22.7. The second-order valence-electron chi connectivity index (χ2n) is 12.3. The normalized spacial score (nSPS) is 35.3. The molecule has 0 aromatic heterocycles. The molecule has 4 saturated heterocycles. The fraction of sp³-hybridized carbons (Fsp3) is 0.625. The summed E-state index contributed by atoms with van der Waals surface area (Å²) in [4.78, 5) is 5.07. The number of nitrogens with zero attached hydrogens (tertiary/aromatic N) is 2. The molecule has 6 fully saturated rings. The first-order valence-electron chi connectivity index (χ1n) is 14.2. The number of benzene rings is 2. The Morgan fingerprint density at radius 1 is 0.611 bits per heavy atom.